The summed E-state index contributed by atoms with van der Waals surface area (Å²) in [6.45, 7) is 1.23. The fourth-order valence-electron chi connectivity index (χ4n) is 3.31. The third-order valence-corrected chi connectivity index (χ3v) is 5.66. The van der Waals surface area contributed by atoms with Crippen LogP contribution in [-0.2, 0) is 0 Å². The SMILES string of the molecule is O=C(Nc1ccccc1C(=O)N1CC=C(c2ccccc2)CC1)c1cccs1. The van der Waals surface area contributed by atoms with Crippen LogP contribution in [0.25, 0.3) is 5.57 Å². The molecule has 2 aromatic carbocycles. The first-order chi connectivity index (χ1) is 13.7. The maximum atomic E-state index is 13.1. The number of benzene rings is 2. The average molecular weight is 388 g/mol. The molecule has 0 aliphatic carbocycles. The number of carbonyl (C=O) groups is 2. The molecule has 140 valence electrons. The fraction of sp³-hybridized carbons (Fsp3) is 0.130. The highest BCUT2D eigenvalue weighted by Gasteiger charge is 2.22. The topological polar surface area (TPSA) is 49.4 Å². The van der Waals surface area contributed by atoms with E-state index < -0.39 is 0 Å². The first-order valence-corrected chi connectivity index (χ1v) is 10.1. The van der Waals surface area contributed by atoms with Gasteiger partial charge >= 0.3 is 0 Å². The van der Waals surface area contributed by atoms with Gasteiger partial charge in [0.25, 0.3) is 11.8 Å². The number of hydrogen-bond donors (Lipinski definition) is 1. The van der Waals surface area contributed by atoms with Gasteiger partial charge in [-0.05, 0) is 41.1 Å². The van der Waals surface area contributed by atoms with Crippen LogP contribution in [-0.4, -0.2) is 29.8 Å². The molecule has 4 nitrogen and oxygen atoms in total. The Morgan fingerprint density at radius 1 is 0.929 bits per heavy atom. The number of nitrogens with one attached hydrogen (secondary N) is 1. The highest BCUT2D eigenvalue weighted by atomic mass is 32.1. The van der Waals surface area contributed by atoms with E-state index in [2.05, 4.69) is 23.5 Å². The van der Waals surface area contributed by atoms with Crippen LogP contribution in [0, 0.1) is 0 Å². The molecule has 1 N–H and O–H groups in total. The molecule has 0 radical (unpaired) electrons. The molecular formula is C23H20N2O2S. The fourth-order valence-corrected chi connectivity index (χ4v) is 3.93. The first-order valence-electron chi connectivity index (χ1n) is 9.20. The summed E-state index contributed by atoms with van der Waals surface area (Å²) in [6.07, 6.45) is 2.93. The van der Waals surface area contributed by atoms with Crippen molar-refractivity contribution in [1.82, 2.24) is 4.90 Å². The lowest BCUT2D eigenvalue weighted by atomic mass is 9.99. The predicted molar refractivity (Wildman–Crippen MR) is 114 cm³/mol. The molecule has 5 heteroatoms. The smallest absolute Gasteiger partial charge is 0.265 e. The van der Waals surface area contributed by atoms with Crippen molar-refractivity contribution in [2.45, 2.75) is 6.42 Å². The van der Waals surface area contributed by atoms with Gasteiger partial charge in [-0.15, -0.1) is 11.3 Å². The second kappa shape index (κ2) is 8.23. The Labute approximate surface area is 168 Å². The van der Waals surface area contributed by atoms with E-state index in [-0.39, 0.29) is 11.8 Å². The number of nitrogens with zero attached hydrogens (tertiary/aromatic N) is 1. The quantitative estimate of drug-likeness (QED) is 0.689. The summed E-state index contributed by atoms with van der Waals surface area (Å²) in [6, 6.07) is 21.0. The van der Waals surface area contributed by atoms with Gasteiger partial charge in [-0.25, -0.2) is 0 Å². The third kappa shape index (κ3) is 3.89. The van der Waals surface area contributed by atoms with Crippen molar-refractivity contribution < 1.29 is 9.59 Å². The number of rotatable bonds is 4. The van der Waals surface area contributed by atoms with Gasteiger partial charge in [0.05, 0.1) is 16.1 Å². The van der Waals surface area contributed by atoms with Crippen molar-refractivity contribution in [3.05, 3.63) is 94.2 Å². The van der Waals surface area contributed by atoms with Gasteiger partial charge in [0.15, 0.2) is 0 Å². The van der Waals surface area contributed by atoms with Gasteiger partial charge in [-0.3, -0.25) is 9.59 Å². The van der Waals surface area contributed by atoms with Crippen LogP contribution in [0.2, 0.25) is 0 Å². The molecule has 0 saturated heterocycles. The predicted octanol–water partition coefficient (Wildman–Crippen LogP) is 4.93. The van der Waals surface area contributed by atoms with Crippen molar-refractivity contribution in [3.63, 3.8) is 0 Å². The van der Waals surface area contributed by atoms with E-state index in [1.807, 2.05) is 46.7 Å². The summed E-state index contributed by atoms with van der Waals surface area (Å²) in [4.78, 5) is 27.9. The number of hydrogen-bond acceptors (Lipinski definition) is 3. The molecule has 0 saturated carbocycles. The lowest BCUT2D eigenvalue weighted by Gasteiger charge is -2.27. The number of carbonyl (C=O) groups excluding carboxylic acids is 2. The number of anilines is 1. The summed E-state index contributed by atoms with van der Waals surface area (Å²) in [5.74, 6) is -0.259. The van der Waals surface area contributed by atoms with Crippen LogP contribution < -0.4 is 5.32 Å². The van der Waals surface area contributed by atoms with E-state index in [0.29, 0.717) is 29.2 Å². The number of amides is 2. The lowest BCUT2D eigenvalue weighted by Crippen LogP contribution is -2.35. The maximum absolute atomic E-state index is 13.1. The summed E-state index contributed by atoms with van der Waals surface area (Å²) < 4.78 is 0. The number of thiophene rings is 1. The van der Waals surface area contributed by atoms with Crippen LogP contribution >= 0.6 is 11.3 Å². The minimum atomic E-state index is -0.194. The molecule has 1 aliphatic heterocycles. The van der Waals surface area contributed by atoms with Crippen molar-refractivity contribution >= 4 is 34.4 Å². The molecule has 2 amide bonds. The molecule has 0 spiro atoms. The molecule has 0 bridgehead atoms. The zero-order valence-corrected chi connectivity index (χ0v) is 16.1. The Balaban J connectivity index is 1.50. The first kappa shape index (κ1) is 18.2. The Morgan fingerprint density at radius 2 is 1.71 bits per heavy atom. The van der Waals surface area contributed by atoms with Crippen molar-refractivity contribution in [2.75, 3.05) is 18.4 Å². The monoisotopic (exact) mass is 388 g/mol. The molecule has 0 unspecified atom stereocenters. The van der Waals surface area contributed by atoms with Crippen LogP contribution in [0.15, 0.2) is 78.2 Å². The van der Waals surface area contributed by atoms with Gasteiger partial charge in [0.1, 0.15) is 0 Å². The summed E-state index contributed by atoms with van der Waals surface area (Å²) in [7, 11) is 0. The van der Waals surface area contributed by atoms with Crippen LogP contribution in [0.1, 0.15) is 32.0 Å². The van der Waals surface area contributed by atoms with E-state index in [1.54, 1.807) is 18.2 Å². The standard InChI is InChI=1S/C23H20N2O2S/c26-22(21-11-6-16-28-21)24-20-10-5-4-9-19(20)23(27)25-14-12-18(13-15-25)17-7-2-1-3-8-17/h1-12,16H,13-15H2,(H,24,26). The Bertz CT molecular complexity index is 1010. The maximum Gasteiger partial charge on any atom is 0.265 e. The highest BCUT2D eigenvalue weighted by Crippen LogP contribution is 2.25. The molecule has 4 rings (SSSR count). The van der Waals surface area contributed by atoms with Crippen molar-refractivity contribution in [2.24, 2.45) is 0 Å². The van der Waals surface area contributed by atoms with Gasteiger partial charge in [-0.2, -0.15) is 0 Å². The zero-order chi connectivity index (χ0) is 19.3. The van der Waals surface area contributed by atoms with Crippen molar-refractivity contribution in [3.8, 4) is 0 Å². The van der Waals surface area contributed by atoms with Crippen LogP contribution in [0.3, 0.4) is 0 Å². The molecule has 3 aromatic rings. The summed E-state index contributed by atoms with van der Waals surface area (Å²) in [5, 5.41) is 4.73. The van der Waals surface area contributed by atoms with E-state index in [4.69, 9.17) is 0 Å². The molecule has 1 aliphatic rings. The summed E-state index contributed by atoms with van der Waals surface area (Å²) in [5.41, 5.74) is 3.54. The molecule has 0 atom stereocenters. The molecule has 1 aromatic heterocycles. The van der Waals surface area contributed by atoms with Gasteiger partial charge in [0, 0.05) is 13.1 Å². The van der Waals surface area contributed by atoms with Gasteiger partial charge < -0.3 is 10.2 Å². The van der Waals surface area contributed by atoms with E-state index >= 15 is 0 Å². The minimum Gasteiger partial charge on any atom is -0.335 e. The second-order valence-corrected chi connectivity index (χ2v) is 7.52. The van der Waals surface area contributed by atoms with Gasteiger partial charge in [-0.1, -0.05) is 54.6 Å². The average Bonchev–Trinajstić information content (AvgIpc) is 3.30. The molecule has 28 heavy (non-hydrogen) atoms. The summed E-state index contributed by atoms with van der Waals surface area (Å²) >= 11 is 1.38. The lowest BCUT2D eigenvalue weighted by molar-refractivity contribution is 0.0774. The van der Waals surface area contributed by atoms with E-state index in [1.165, 1.54) is 22.5 Å². The van der Waals surface area contributed by atoms with E-state index in [0.717, 1.165) is 6.42 Å². The Hall–Kier alpha value is -3.18. The van der Waals surface area contributed by atoms with Crippen LogP contribution in [0.5, 0.6) is 0 Å². The number of para-hydroxylation sites is 1. The van der Waals surface area contributed by atoms with Crippen LogP contribution in [0.4, 0.5) is 5.69 Å². The van der Waals surface area contributed by atoms with Gasteiger partial charge in [0.2, 0.25) is 0 Å². The Morgan fingerprint density at radius 3 is 2.43 bits per heavy atom. The molecule has 0 fully saturated rings. The minimum absolute atomic E-state index is 0.0644. The molecule has 2 heterocycles. The third-order valence-electron chi connectivity index (χ3n) is 4.79. The Kier molecular flexibility index (Phi) is 5.35. The normalized spacial score (nSPS) is 13.7. The second-order valence-electron chi connectivity index (χ2n) is 6.57. The van der Waals surface area contributed by atoms with E-state index in [9.17, 15) is 9.59 Å². The molecular weight excluding hydrogens is 368 g/mol. The van der Waals surface area contributed by atoms with Crippen molar-refractivity contribution in [1.29, 1.82) is 0 Å². The largest absolute Gasteiger partial charge is 0.335 e. The highest BCUT2D eigenvalue weighted by molar-refractivity contribution is 7.12. The zero-order valence-electron chi connectivity index (χ0n) is 15.3.